The lowest BCUT2D eigenvalue weighted by molar-refractivity contribution is -0.152. The van der Waals surface area contributed by atoms with Gasteiger partial charge in [-0.05, 0) is 62.5 Å². The Kier molecular flexibility index (Phi) is 6.44. The molecule has 2 heterocycles. The molecule has 1 atom stereocenters. The van der Waals surface area contributed by atoms with E-state index in [1.165, 1.54) is 0 Å². The van der Waals surface area contributed by atoms with Gasteiger partial charge in [-0.25, -0.2) is 0 Å². The number of nitrogens with zero attached hydrogens (tertiary/aromatic N) is 2. The summed E-state index contributed by atoms with van der Waals surface area (Å²) in [6.45, 7) is 5.95. The molecule has 6 heteroatoms. The number of hydrogen-bond acceptors (Lipinski definition) is 5. The van der Waals surface area contributed by atoms with Gasteiger partial charge in [0.1, 0.15) is 6.04 Å². The molecule has 0 radical (unpaired) electrons. The third kappa shape index (κ3) is 4.40. The molecule has 0 aromatic heterocycles. The Morgan fingerprint density at radius 3 is 2.33 bits per heavy atom. The molecule has 30 heavy (non-hydrogen) atoms. The molecule has 1 unspecified atom stereocenters. The first-order valence-electron chi connectivity index (χ1n) is 10.6. The summed E-state index contributed by atoms with van der Waals surface area (Å²) in [6.07, 6.45) is 2.86. The van der Waals surface area contributed by atoms with E-state index in [-0.39, 0.29) is 24.5 Å². The highest BCUT2D eigenvalue weighted by molar-refractivity contribution is 7.99. The van der Waals surface area contributed by atoms with Gasteiger partial charge in [0.05, 0.1) is 11.4 Å². The zero-order valence-electron chi connectivity index (χ0n) is 17.5. The summed E-state index contributed by atoms with van der Waals surface area (Å²) >= 11 is 1.65. The standard InChI is InChI=1S/C24H28N2O3S/c1-17(2)13-15-25-14-7-10-20(25)24(28)29-16-23(27)26-18-8-3-5-11-21(18)30-22-12-6-4-9-19(22)26/h3-6,8-9,11-12,17,20H,7,10,13-16H2,1-2H3. The molecule has 158 valence electrons. The number of rotatable bonds is 6. The van der Waals surface area contributed by atoms with Crippen molar-refractivity contribution < 1.29 is 14.3 Å². The average Bonchev–Trinajstić information content (AvgIpc) is 3.23. The van der Waals surface area contributed by atoms with Crippen LogP contribution in [0.2, 0.25) is 0 Å². The third-order valence-electron chi connectivity index (χ3n) is 5.65. The van der Waals surface area contributed by atoms with E-state index in [1.807, 2.05) is 48.5 Å². The molecular formula is C24H28N2O3S. The predicted molar refractivity (Wildman–Crippen MR) is 119 cm³/mol. The van der Waals surface area contributed by atoms with Gasteiger partial charge in [-0.3, -0.25) is 19.4 Å². The summed E-state index contributed by atoms with van der Waals surface area (Å²) < 4.78 is 5.53. The van der Waals surface area contributed by atoms with Crippen molar-refractivity contribution in [2.45, 2.75) is 48.9 Å². The van der Waals surface area contributed by atoms with Gasteiger partial charge in [0, 0.05) is 9.79 Å². The highest BCUT2D eigenvalue weighted by Gasteiger charge is 2.33. The molecule has 5 nitrogen and oxygen atoms in total. The van der Waals surface area contributed by atoms with E-state index < -0.39 is 0 Å². The molecule has 4 rings (SSSR count). The van der Waals surface area contributed by atoms with Gasteiger partial charge in [-0.2, -0.15) is 0 Å². The number of ether oxygens (including phenoxy) is 1. The number of likely N-dealkylation sites (tertiary alicyclic amines) is 1. The molecule has 2 aliphatic rings. The second kappa shape index (κ2) is 9.23. The van der Waals surface area contributed by atoms with Crippen LogP contribution in [-0.4, -0.2) is 42.5 Å². The summed E-state index contributed by atoms with van der Waals surface area (Å²) in [5.41, 5.74) is 1.67. The third-order valence-corrected chi connectivity index (χ3v) is 6.78. The highest BCUT2D eigenvalue weighted by Crippen LogP contribution is 2.47. The van der Waals surface area contributed by atoms with Crippen molar-refractivity contribution in [1.29, 1.82) is 0 Å². The zero-order valence-corrected chi connectivity index (χ0v) is 18.4. The van der Waals surface area contributed by atoms with Crippen LogP contribution in [0.25, 0.3) is 0 Å². The van der Waals surface area contributed by atoms with Crippen LogP contribution in [0.1, 0.15) is 33.1 Å². The van der Waals surface area contributed by atoms with Crippen LogP contribution in [0.5, 0.6) is 0 Å². The summed E-state index contributed by atoms with van der Waals surface area (Å²) in [6, 6.07) is 15.4. The van der Waals surface area contributed by atoms with Gasteiger partial charge >= 0.3 is 5.97 Å². The van der Waals surface area contributed by atoms with E-state index in [4.69, 9.17) is 4.74 Å². The normalized spacial score (nSPS) is 18.2. The fourth-order valence-electron chi connectivity index (χ4n) is 4.05. The van der Waals surface area contributed by atoms with Crippen LogP contribution in [-0.2, 0) is 14.3 Å². The van der Waals surface area contributed by atoms with Crippen molar-refractivity contribution in [3.63, 3.8) is 0 Å². The van der Waals surface area contributed by atoms with E-state index in [0.29, 0.717) is 5.92 Å². The molecule has 2 aromatic carbocycles. The zero-order chi connectivity index (χ0) is 21.1. The minimum atomic E-state index is -0.280. The molecule has 0 spiro atoms. The van der Waals surface area contributed by atoms with Crippen molar-refractivity contribution in [2.24, 2.45) is 5.92 Å². The van der Waals surface area contributed by atoms with Crippen LogP contribution in [0.3, 0.4) is 0 Å². The number of carbonyl (C=O) groups is 2. The Morgan fingerprint density at radius 1 is 1.07 bits per heavy atom. The highest BCUT2D eigenvalue weighted by atomic mass is 32.2. The number of amides is 1. The first-order chi connectivity index (χ1) is 14.5. The van der Waals surface area contributed by atoms with Crippen LogP contribution < -0.4 is 4.90 Å². The quantitative estimate of drug-likeness (QED) is 0.619. The maximum atomic E-state index is 13.2. The van der Waals surface area contributed by atoms with Crippen LogP contribution in [0, 0.1) is 5.92 Å². The van der Waals surface area contributed by atoms with Gasteiger partial charge in [0.2, 0.25) is 0 Å². The summed E-state index contributed by atoms with van der Waals surface area (Å²) in [5.74, 6) is 0.0915. The van der Waals surface area contributed by atoms with Gasteiger partial charge in [0.25, 0.3) is 5.91 Å². The Morgan fingerprint density at radius 2 is 1.70 bits per heavy atom. The molecule has 0 bridgehead atoms. The van der Waals surface area contributed by atoms with E-state index >= 15 is 0 Å². The largest absolute Gasteiger partial charge is 0.454 e. The van der Waals surface area contributed by atoms with Crippen molar-refractivity contribution in [2.75, 3.05) is 24.6 Å². The molecule has 1 saturated heterocycles. The van der Waals surface area contributed by atoms with Gasteiger partial charge in [-0.1, -0.05) is 49.9 Å². The fourth-order valence-corrected chi connectivity index (χ4v) is 5.11. The Labute approximate surface area is 182 Å². The lowest BCUT2D eigenvalue weighted by Crippen LogP contribution is -2.40. The van der Waals surface area contributed by atoms with Crippen LogP contribution in [0.4, 0.5) is 11.4 Å². The Hall–Kier alpha value is -2.31. The molecule has 0 N–H and O–H groups in total. The Bertz CT molecular complexity index is 885. The average molecular weight is 425 g/mol. The van der Waals surface area contributed by atoms with Crippen LogP contribution in [0.15, 0.2) is 58.3 Å². The molecular weight excluding hydrogens is 396 g/mol. The van der Waals surface area contributed by atoms with E-state index in [0.717, 1.165) is 53.5 Å². The number of para-hydroxylation sites is 2. The topological polar surface area (TPSA) is 49.9 Å². The van der Waals surface area contributed by atoms with Gasteiger partial charge < -0.3 is 4.74 Å². The number of fused-ring (bicyclic) bond motifs is 2. The monoisotopic (exact) mass is 424 g/mol. The minimum absolute atomic E-state index is 0.227. The second-order valence-electron chi connectivity index (χ2n) is 8.25. The second-order valence-corrected chi connectivity index (χ2v) is 9.33. The molecule has 0 aliphatic carbocycles. The number of anilines is 2. The van der Waals surface area contributed by atoms with Crippen molar-refractivity contribution >= 4 is 35.0 Å². The van der Waals surface area contributed by atoms with E-state index in [1.54, 1.807) is 16.7 Å². The maximum Gasteiger partial charge on any atom is 0.323 e. The number of carbonyl (C=O) groups excluding carboxylic acids is 2. The molecule has 2 aromatic rings. The van der Waals surface area contributed by atoms with E-state index in [9.17, 15) is 9.59 Å². The number of benzene rings is 2. The molecule has 1 fully saturated rings. The van der Waals surface area contributed by atoms with Crippen molar-refractivity contribution in [3.8, 4) is 0 Å². The summed E-state index contributed by atoms with van der Waals surface area (Å²) in [4.78, 5) is 31.8. The van der Waals surface area contributed by atoms with E-state index in [2.05, 4.69) is 18.7 Å². The molecule has 1 amide bonds. The molecule has 0 saturated carbocycles. The number of hydrogen-bond donors (Lipinski definition) is 0. The van der Waals surface area contributed by atoms with Gasteiger partial charge in [0.15, 0.2) is 6.61 Å². The van der Waals surface area contributed by atoms with Crippen molar-refractivity contribution in [1.82, 2.24) is 4.90 Å². The lowest BCUT2D eigenvalue weighted by atomic mass is 10.1. The first kappa shape index (κ1) is 20.9. The lowest BCUT2D eigenvalue weighted by Gasteiger charge is -2.31. The van der Waals surface area contributed by atoms with Gasteiger partial charge in [-0.15, -0.1) is 0 Å². The summed E-state index contributed by atoms with van der Waals surface area (Å²) in [5, 5.41) is 0. The smallest absolute Gasteiger partial charge is 0.323 e. The van der Waals surface area contributed by atoms with Crippen LogP contribution >= 0.6 is 11.8 Å². The maximum absolute atomic E-state index is 13.2. The summed E-state index contributed by atoms with van der Waals surface area (Å²) in [7, 11) is 0. The number of esters is 1. The minimum Gasteiger partial charge on any atom is -0.454 e. The first-order valence-corrected chi connectivity index (χ1v) is 11.5. The molecule has 2 aliphatic heterocycles. The predicted octanol–water partition coefficient (Wildman–Crippen LogP) is 4.87. The fraction of sp³-hybridized carbons (Fsp3) is 0.417. The SMILES string of the molecule is CC(C)CCN1CCCC1C(=O)OCC(=O)N1c2ccccc2Sc2ccccc21. The van der Waals surface area contributed by atoms with Crippen molar-refractivity contribution in [3.05, 3.63) is 48.5 Å². The Balaban J connectivity index is 1.45.